The molecule has 1 aliphatic heterocycles. The number of amides is 1. The van der Waals surface area contributed by atoms with Gasteiger partial charge < -0.3 is 9.72 Å². The van der Waals surface area contributed by atoms with Gasteiger partial charge in [-0.15, -0.1) is 11.3 Å². The quantitative estimate of drug-likeness (QED) is 0.587. The van der Waals surface area contributed by atoms with Gasteiger partial charge in [-0.1, -0.05) is 0 Å². The molecule has 4 aromatic rings. The van der Waals surface area contributed by atoms with E-state index < -0.39 is 0 Å². The highest BCUT2D eigenvalue weighted by Crippen LogP contribution is 2.30. The summed E-state index contributed by atoms with van der Waals surface area (Å²) in [7, 11) is 2.15. The SMILES string of the molecule is CN1CCCC1c1cn2cc(NC(=O)c3ccc4scnc4c3)ccc2n1. The van der Waals surface area contributed by atoms with Crippen molar-refractivity contribution in [2.75, 3.05) is 18.9 Å². The van der Waals surface area contributed by atoms with E-state index in [0.717, 1.165) is 40.2 Å². The Labute approximate surface area is 160 Å². The first kappa shape index (κ1) is 16.4. The van der Waals surface area contributed by atoms with Crippen molar-refractivity contribution in [3.63, 3.8) is 0 Å². The minimum Gasteiger partial charge on any atom is -0.321 e. The van der Waals surface area contributed by atoms with Crippen LogP contribution in [0.4, 0.5) is 5.69 Å². The number of hydrogen-bond donors (Lipinski definition) is 1. The van der Waals surface area contributed by atoms with Gasteiger partial charge in [-0.05, 0) is 56.8 Å². The van der Waals surface area contributed by atoms with E-state index in [1.807, 2.05) is 40.9 Å². The van der Waals surface area contributed by atoms with Gasteiger partial charge in [-0.3, -0.25) is 9.69 Å². The molecular weight excluding hydrogens is 358 g/mol. The molecule has 1 saturated heterocycles. The van der Waals surface area contributed by atoms with Crippen LogP contribution in [0.5, 0.6) is 0 Å². The van der Waals surface area contributed by atoms with E-state index >= 15 is 0 Å². The predicted molar refractivity (Wildman–Crippen MR) is 107 cm³/mol. The van der Waals surface area contributed by atoms with Crippen LogP contribution in [0.25, 0.3) is 15.9 Å². The molecule has 5 rings (SSSR count). The second-order valence-electron chi connectivity index (χ2n) is 6.98. The molecular formula is C20H19N5OS. The Morgan fingerprint density at radius 1 is 1.26 bits per heavy atom. The van der Waals surface area contributed by atoms with Crippen LogP contribution >= 0.6 is 11.3 Å². The van der Waals surface area contributed by atoms with Gasteiger partial charge in [0.15, 0.2) is 0 Å². The number of rotatable bonds is 3. The number of fused-ring (bicyclic) bond motifs is 2. The molecule has 0 spiro atoms. The molecule has 6 nitrogen and oxygen atoms in total. The lowest BCUT2D eigenvalue weighted by Gasteiger charge is -2.16. The van der Waals surface area contributed by atoms with Gasteiger partial charge in [0.05, 0.1) is 33.2 Å². The van der Waals surface area contributed by atoms with Gasteiger partial charge in [-0.25, -0.2) is 9.97 Å². The summed E-state index contributed by atoms with van der Waals surface area (Å²) in [6.45, 7) is 1.11. The van der Waals surface area contributed by atoms with Crippen LogP contribution in [0.3, 0.4) is 0 Å². The van der Waals surface area contributed by atoms with Crippen LogP contribution < -0.4 is 5.32 Å². The second-order valence-corrected chi connectivity index (χ2v) is 7.86. The molecule has 1 amide bonds. The number of aromatic nitrogens is 3. The summed E-state index contributed by atoms with van der Waals surface area (Å²) in [5, 5.41) is 2.97. The van der Waals surface area contributed by atoms with Gasteiger partial charge in [0.25, 0.3) is 5.91 Å². The maximum atomic E-state index is 12.6. The number of benzene rings is 1. The van der Waals surface area contributed by atoms with E-state index in [0.29, 0.717) is 11.6 Å². The Kier molecular flexibility index (Phi) is 3.91. The van der Waals surface area contributed by atoms with E-state index in [4.69, 9.17) is 4.98 Å². The van der Waals surface area contributed by atoms with Crippen LogP contribution in [0.15, 0.2) is 48.2 Å². The Hall–Kier alpha value is -2.77. The molecule has 1 aromatic carbocycles. The van der Waals surface area contributed by atoms with E-state index in [1.54, 1.807) is 16.8 Å². The highest BCUT2D eigenvalue weighted by atomic mass is 32.1. The summed E-state index contributed by atoms with van der Waals surface area (Å²) in [4.78, 5) is 24.0. The largest absolute Gasteiger partial charge is 0.321 e. The molecule has 0 aliphatic carbocycles. The molecule has 4 heterocycles. The zero-order valence-corrected chi connectivity index (χ0v) is 15.7. The maximum Gasteiger partial charge on any atom is 0.255 e. The normalized spacial score (nSPS) is 17.7. The Morgan fingerprint density at radius 2 is 2.19 bits per heavy atom. The fourth-order valence-corrected chi connectivity index (χ4v) is 4.39. The van der Waals surface area contributed by atoms with Crippen molar-refractivity contribution in [3.8, 4) is 0 Å². The molecule has 136 valence electrons. The lowest BCUT2D eigenvalue weighted by molar-refractivity contribution is 0.102. The van der Waals surface area contributed by atoms with Crippen molar-refractivity contribution in [1.82, 2.24) is 19.3 Å². The molecule has 0 saturated carbocycles. The summed E-state index contributed by atoms with van der Waals surface area (Å²) >= 11 is 1.57. The molecule has 3 aromatic heterocycles. The number of pyridine rings is 1. The minimum atomic E-state index is -0.139. The molecule has 1 unspecified atom stereocenters. The monoisotopic (exact) mass is 377 g/mol. The lowest BCUT2D eigenvalue weighted by Crippen LogP contribution is -2.17. The van der Waals surface area contributed by atoms with E-state index in [-0.39, 0.29) is 5.91 Å². The molecule has 1 atom stereocenters. The van der Waals surface area contributed by atoms with Crippen LogP contribution in [0.2, 0.25) is 0 Å². The molecule has 1 aliphatic rings. The first-order chi connectivity index (χ1) is 13.2. The van der Waals surface area contributed by atoms with E-state index in [2.05, 4.69) is 28.4 Å². The molecule has 0 radical (unpaired) electrons. The smallest absolute Gasteiger partial charge is 0.255 e. The van der Waals surface area contributed by atoms with Crippen LogP contribution in [0, 0.1) is 0 Å². The third kappa shape index (κ3) is 2.98. The van der Waals surface area contributed by atoms with Crippen LogP contribution in [-0.4, -0.2) is 38.8 Å². The fraction of sp³-hybridized carbons (Fsp3) is 0.250. The summed E-state index contributed by atoms with van der Waals surface area (Å²) in [5.41, 5.74) is 5.98. The highest BCUT2D eigenvalue weighted by molar-refractivity contribution is 7.16. The van der Waals surface area contributed by atoms with Crippen molar-refractivity contribution in [3.05, 3.63) is 59.5 Å². The zero-order chi connectivity index (χ0) is 18.4. The number of imidazole rings is 1. The summed E-state index contributed by atoms with van der Waals surface area (Å²) in [6, 6.07) is 9.81. The third-order valence-electron chi connectivity index (χ3n) is 5.18. The average Bonchev–Trinajstić information content (AvgIpc) is 3.39. The van der Waals surface area contributed by atoms with Crippen LogP contribution in [-0.2, 0) is 0 Å². The molecule has 0 bridgehead atoms. The highest BCUT2D eigenvalue weighted by Gasteiger charge is 2.24. The number of anilines is 1. The number of hydrogen-bond acceptors (Lipinski definition) is 5. The van der Waals surface area contributed by atoms with Gasteiger partial charge >= 0.3 is 0 Å². The van der Waals surface area contributed by atoms with Crippen molar-refractivity contribution >= 4 is 38.8 Å². The van der Waals surface area contributed by atoms with Crippen LogP contribution in [0.1, 0.15) is 34.9 Å². The first-order valence-electron chi connectivity index (χ1n) is 9.01. The molecule has 27 heavy (non-hydrogen) atoms. The van der Waals surface area contributed by atoms with Gasteiger partial charge in [0, 0.05) is 18.0 Å². The van der Waals surface area contributed by atoms with E-state index in [9.17, 15) is 4.79 Å². The fourth-order valence-electron chi connectivity index (χ4n) is 3.73. The van der Waals surface area contributed by atoms with Gasteiger partial charge in [0.2, 0.25) is 0 Å². The zero-order valence-electron chi connectivity index (χ0n) is 14.9. The number of nitrogens with one attached hydrogen (secondary N) is 1. The number of nitrogens with zero attached hydrogens (tertiary/aromatic N) is 4. The summed E-state index contributed by atoms with van der Waals surface area (Å²) in [6.07, 6.45) is 6.33. The van der Waals surface area contributed by atoms with Gasteiger partial charge in [0.1, 0.15) is 5.65 Å². The molecule has 1 fully saturated rings. The van der Waals surface area contributed by atoms with Crippen molar-refractivity contribution in [1.29, 1.82) is 0 Å². The summed E-state index contributed by atoms with van der Waals surface area (Å²) < 4.78 is 3.07. The number of carbonyl (C=O) groups is 1. The second kappa shape index (κ2) is 6.44. The van der Waals surface area contributed by atoms with Gasteiger partial charge in [-0.2, -0.15) is 0 Å². The van der Waals surface area contributed by atoms with Crippen molar-refractivity contribution in [2.24, 2.45) is 0 Å². The number of thiazole rings is 1. The topological polar surface area (TPSA) is 62.5 Å². The Balaban J connectivity index is 1.40. The summed E-state index contributed by atoms with van der Waals surface area (Å²) in [5.74, 6) is -0.139. The van der Waals surface area contributed by atoms with Crippen molar-refractivity contribution in [2.45, 2.75) is 18.9 Å². The predicted octanol–water partition coefficient (Wildman–Crippen LogP) is 3.96. The number of carbonyl (C=O) groups excluding carboxylic acids is 1. The maximum absolute atomic E-state index is 12.6. The van der Waals surface area contributed by atoms with E-state index in [1.165, 1.54) is 6.42 Å². The molecule has 7 heteroatoms. The molecule has 1 N–H and O–H groups in total. The first-order valence-corrected chi connectivity index (χ1v) is 9.89. The Bertz CT molecular complexity index is 1150. The minimum absolute atomic E-state index is 0.139. The Morgan fingerprint density at radius 3 is 3.04 bits per heavy atom. The number of likely N-dealkylation sites (tertiary alicyclic amines) is 1. The third-order valence-corrected chi connectivity index (χ3v) is 5.99. The van der Waals surface area contributed by atoms with Crippen molar-refractivity contribution < 1.29 is 4.79 Å². The average molecular weight is 377 g/mol. The standard InChI is InChI=1S/C20H19N5OS/c1-24-8-2-3-17(24)16-11-25-10-14(5-7-19(25)23-16)22-20(26)13-4-6-18-15(9-13)21-12-27-18/h4-7,9-12,17H,2-3,8H2,1H3,(H,22,26). The lowest BCUT2D eigenvalue weighted by atomic mass is 10.2.